The van der Waals surface area contributed by atoms with Gasteiger partial charge in [0.05, 0.1) is 11.8 Å². The second kappa shape index (κ2) is 14.9. The lowest BCUT2D eigenvalue weighted by molar-refractivity contribution is -0.0661. The zero-order chi connectivity index (χ0) is 37.4. The van der Waals surface area contributed by atoms with Gasteiger partial charge in [0, 0.05) is 43.4 Å². The van der Waals surface area contributed by atoms with Crippen LogP contribution >= 0.6 is 7.82 Å². The van der Waals surface area contributed by atoms with E-state index in [-0.39, 0.29) is 36.7 Å². The summed E-state index contributed by atoms with van der Waals surface area (Å²) in [5, 5.41) is 6.64. The van der Waals surface area contributed by atoms with E-state index < -0.39 is 91.4 Å². The summed E-state index contributed by atoms with van der Waals surface area (Å²) in [6.07, 6.45) is 1.58. The molecule has 6 rings (SSSR count). The lowest BCUT2D eigenvalue weighted by Crippen LogP contribution is -2.52. The second-order valence-corrected chi connectivity index (χ2v) is 14.7. The number of pyridine rings is 1. The van der Waals surface area contributed by atoms with Crippen LogP contribution in [0.15, 0.2) is 34.3 Å². The number of halogens is 2. The topological polar surface area (TPSA) is 205 Å². The minimum absolute atomic E-state index is 0.0483. The number of carbonyl (C=O) groups is 3. The van der Waals surface area contributed by atoms with Gasteiger partial charge in [0.2, 0.25) is 18.0 Å². The molecule has 2 fully saturated rings. The monoisotopic (exact) mass is 752 g/mol. The molecule has 1 aliphatic carbocycles. The highest BCUT2D eigenvalue weighted by molar-refractivity contribution is 7.46. The first-order valence-corrected chi connectivity index (χ1v) is 18.4. The highest BCUT2D eigenvalue weighted by Gasteiger charge is 2.54. The Morgan fingerprint density at radius 2 is 1.88 bits per heavy atom. The molecule has 1 saturated heterocycles. The van der Waals surface area contributed by atoms with Gasteiger partial charge in [-0.15, -0.1) is 0 Å². The molecule has 19 heteroatoms. The number of fused-ring (bicyclic) bond motifs is 5. The number of rotatable bonds is 9. The van der Waals surface area contributed by atoms with Gasteiger partial charge in [-0.1, -0.05) is 24.1 Å². The zero-order valence-corrected chi connectivity index (χ0v) is 29.3. The number of hydrogen-bond donors (Lipinski definition) is 3. The van der Waals surface area contributed by atoms with Crippen molar-refractivity contribution in [3.8, 4) is 5.75 Å². The summed E-state index contributed by atoms with van der Waals surface area (Å²) in [6, 6.07) is 1.89. The molecule has 2 amide bonds. The highest BCUT2D eigenvalue weighted by atomic mass is 31.2. The molecule has 4 heterocycles. The van der Waals surface area contributed by atoms with Crippen molar-refractivity contribution >= 4 is 31.5 Å². The molecule has 16 nitrogen and oxygen atoms in total. The van der Waals surface area contributed by atoms with Gasteiger partial charge in [-0.05, 0) is 52.0 Å². The molecule has 3 aliphatic heterocycles. The summed E-state index contributed by atoms with van der Waals surface area (Å²) in [5.74, 6) is -3.86. The molecule has 0 unspecified atom stereocenters. The number of amides is 2. The van der Waals surface area contributed by atoms with E-state index in [0.29, 0.717) is 43.9 Å². The van der Waals surface area contributed by atoms with Crippen LogP contribution < -0.4 is 15.5 Å². The largest absolute Gasteiger partial charge is 0.511 e. The third kappa shape index (κ3) is 7.84. The van der Waals surface area contributed by atoms with Gasteiger partial charge in [-0.25, -0.2) is 18.1 Å². The molecule has 1 spiro atoms. The molecule has 2 bridgehead atoms. The minimum atomic E-state index is -4.90. The van der Waals surface area contributed by atoms with E-state index in [1.807, 2.05) is 6.92 Å². The van der Waals surface area contributed by atoms with E-state index in [4.69, 9.17) is 23.6 Å². The molecule has 282 valence electrons. The predicted molar refractivity (Wildman–Crippen MR) is 175 cm³/mol. The van der Waals surface area contributed by atoms with Crippen molar-refractivity contribution in [1.29, 1.82) is 0 Å². The van der Waals surface area contributed by atoms with Crippen LogP contribution in [0.25, 0.3) is 0 Å². The maximum Gasteiger partial charge on any atom is 0.511 e. The summed E-state index contributed by atoms with van der Waals surface area (Å²) >= 11 is 0. The molecule has 2 aromatic rings. The van der Waals surface area contributed by atoms with E-state index in [0.717, 1.165) is 18.6 Å². The van der Waals surface area contributed by atoms with Crippen LogP contribution in [0, 0.1) is 11.6 Å². The summed E-state index contributed by atoms with van der Waals surface area (Å²) < 4.78 is 61.8. The lowest BCUT2D eigenvalue weighted by Gasteiger charge is -2.42. The van der Waals surface area contributed by atoms with Crippen molar-refractivity contribution in [3.05, 3.63) is 63.1 Å². The van der Waals surface area contributed by atoms with Crippen LogP contribution in [0.5, 0.6) is 5.75 Å². The normalized spacial score (nSPS) is 25.7. The van der Waals surface area contributed by atoms with Crippen molar-refractivity contribution in [3.63, 3.8) is 0 Å². The van der Waals surface area contributed by atoms with Crippen molar-refractivity contribution < 1.29 is 61.1 Å². The quantitative estimate of drug-likeness (QED) is 0.144. The Bertz CT molecular complexity index is 1890. The predicted octanol–water partition coefficient (Wildman–Crippen LogP) is 4.07. The maximum absolute atomic E-state index is 14.4. The van der Waals surface area contributed by atoms with E-state index in [1.54, 1.807) is 11.8 Å². The number of phosphoric acid groups is 1. The first-order valence-electron chi connectivity index (χ1n) is 16.9. The van der Waals surface area contributed by atoms with Crippen molar-refractivity contribution in [1.82, 2.24) is 14.8 Å². The molecule has 3 N–H and O–H groups in total. The van der Waals surface area contributed by atoms with Gasteiger partial charge in [-0.2, -0.15) is 0 Å². The third-order valence-electron chi connectivity index (χ3n) is 9.92. The van der Waals surface area contributed by atoms with Gasteiger partial charge < -0.3 is 43.6 Å². The highest BCUT2D eigenvalue weighted by Crippen LogP contribution is 2.46. The Hall–Kier alpha value is -4.38. The summed E-state index contributed by atoms with van der Waals surface area (Å²) in [5.41, 5.74) is -2.01. The van der Waals surface area contributed by atoms with Gasteiger partial charge in [0.25, 0.3) is 11.8 Å². The number of oxime groups is 1. The van der Waals surface area contributed by atoms with Gasteiger partial charge in [0.15, 0.2) is 11.3 Å². The third-order valence-corrected chi connectivity index (χ3v) is 10.5. The molecule has 52 heavy (non-hydrogen) atoms. The molecule has 0 radical (unpaired) electrons. The van der Waals surface area contributed by atoms with Gasteiger partial charge in [0.1, 0.15) is 29.4 Å². The van der Waals surface area contributed by atoms with Crippen LogP contribution in [0.1, 0.15) is 97.7 Å². The first kappa shape index (κ1) is 37.4. The molecule has 5 atom stereocenters. The number of nitrogens with zero attached hydrogens (tertiary/aromatic N) is 3. The number of ether oxygens (including phenoxy) is 3. The van der Waals surface area contributed by atoms with Gasteiger partial charge in [-0.3, -0.25) is 18.9 Å². The number of phosphoric ester groups is 1. The Morgan fingerprint density at radius 3 is 2.58 bits per heavy atom. The molecule has 1 aromatic heterocycles. The molecule has 1 saturated carbocycles. The SMILES string of the molecule is CC1=NO[C@@]2(CC[C@H](C)N3C[C@H]2n2cc(C(=O)NCc4ccc(F)cc4F)c(=O)c(OCOC(=O)O[C@H]4CCCCC[C@@H]4OP(=O)(O)O)c2C3=O)C1. The zero-order valence-electron chi connectivity index (χ0n) is 28.4. The number of carbonyl (C=O) groups excluding carboxylic acids is 3. The fourth-order valence-electron chi connectivity index (χ4n) is 7.31. The second-order valence-electron chi connectivity index (χ2n) is 13.5. The molecule has 4 aliphatic rings. The number of aromatic nitrogens is 1. The Balaban J connectivity index is 1.30. The standard InChI is InChI=1S/C33H39F2N4O12P/c1-18-13-33(51-37-18)11-10-19(2)38-16-26(33)39-15-22(30(41)36-14-20-8-9-21(34)12-23(20)35)28(40)29(27(39)31(38)42)47-17-48-32(43)49-24-6-4-3-5-7-25(24)50-52(44,45)46/h8-9,12,15,19,24-26H,3-7,10-11,13-14,16-17H2,1-2H3,(H,36,41)(H2,44,45,46)/t19-,24-,25-,26+,33-/m0/s1. The minimum Gasteiger partial charge on any atom is -0.451 e. The average molecular weight is 753 g/mol. The number of hydrogen-bond acceptors (Lipinski definition) is 11. The van der Waals surface area contributed by atoms with Gasteiger partial charge >= 0.3 is 14.0 Å². The van der Waals surface area contributed by atoms with E-state index >= 15 is 0 Å². The van der Waals surface area contributed by atoms with Crippen LogP contribution in [0.2, 0.25) is 0 Å². The molecular formula is C33H39F2N4O12P. The summed E-state index contributed by atoms with van der Waals surface area (Å²) in [7, 11) is -4.90. The number of benzene rings is 1. The maximum atomic E-state index is 14.4. The van der Waals surface area contributed by atoms with Crippen LogP contribution in [0.3, 0.4) is 0 Å². The molecule has 1 aromatic carbocycles. The van der Waals surface area contributed by atoms with Crippen molar-refractivity contribution in [2.75, 3.05) is 13.3 Å². The van der Waals surface area contributed by atoms with E-state index in [9.17, 15) is 42.3 Å². The Morgan fingerprint density at radius 1 is 1.13 bits per heavy atom. The van der Waals surface area contributed by atoms with Crippen molar-refractivity contribution in [2.45, 2.75) is 102 Å². The lowest BCUT2D eigenvalue weighted by atomic mass is 9.84. The van der Waals surface area contributed by atoms with Crippen LogP contribution in [-0.4, -0.2) is 80.1 Å². The summed E-state index contributed by atoms with van der Waals surface area (Å²) in [6.45, 7) is 2.45. The Labute approximate surface area is 296 Å². The smallest absolute Gasteiger partial charge is 0.451 e. The fourth-order valence-corrected chi connectivity index (χ4v) is 7.90. The van der Waals surface area contributed by atoms with Crippen LogP contribution in [-0.2, 0) is 29.9 Å². The fraction of sp³-hybridized carbons (Fsp3) is 0.545. The van der Waals surface area contributed by atoms with Crippen molar-refractivity contribution in [2.24, 2.45) is 5.16 Å². The van der Waals surface area contributed by atoms with E-state index in [2.05, 4.69) is 10.5 Å². The first-order chi connectivity index (χ1) is 24.7. The van der Waals surface area contributed by atoms with Crippen LogP contribution in [0.4, 0.5) is 13.6 Å². The van der Waals surface area contributed by atoms with E-state index in [1.165, 1.54) is 10.8 Å². The Kier molecular flexibility index (Phi) is 10.7. The number of nitrogens with one attached hydrogen (secondary N) is 1. The summed E-state index contributed by atoms with van der Waals surface area (Å²) in [4.78, 5) is 80.7. The molecular weight excluding hydrogens is 713 g/mol. The average Bonchev–Trinajstić information content (AvgIpc) is 3.26.